The summed E-state index contributed by atoms with van der Waals surface area (Å²) < 4.78 is 10.5. The third kappa shape index (κ3) is 5.34. The predicted molar refractivity (Wildman–Crippen MR) is 94.6 cm³/mol. The highest BCUT2D eigenvalue weighted by Gasteiger charge is 2.26. The first-order valence-electron chi connectivity index (χ1n) is 7.93. The molecule has 2 aromatic carbocycles. The Kier molecular flexibility index (Phi) is 6.73. The van der Waals surface area contributed by atoms with Crippen LogP contribution in [0.25, 0.3) is 0 Å². The summed E-state index contributed by atoms with van der Waals surface area (Å²) in [7, 11) is 2.92. The quantitative estimate of drug-likeness (QED) is 0.772. The molecule has 26 heavy (non-hydrogen) atoms. The summed E-state index contributed by atoms with van der Waals surface area (Å²) in [4.78, 5) is 36.1. The van der Waals surface area contributed by atoms with Gasteiger partial charge in [-0.1, -0.05) is 42.5 Å². The molecule has 2 aromatic rings. The van der Waals surface area contributed by atoms with E-state index < -0.39 is 24.0 Å². The fourth-order valence-electron chi connectivity index (χ4n) is 2.26. The molecule has 0 radical (unpaired) electrons. The number of ether oxygens (including phenoxy) is 2. The highest BCUT2D eigenvalue weighted by Crippen LogP contribution is 2.19. The molecule has 7 heteroatoms. The lowest BCUT2D eigenvalue weighted by Crippen LogP contribution is -2.41. The topological polar surface area (TPSA) is 93.7 Å². The minimum atomic E-state index is -1.23. The number of carbonyl (C=O) groups excluding carboxylic acids is 3. The molecule has 0 heterocycles. The van der Waals surface area contributed by atoms with Crippen molar-refractivity contribution in [1.29, 1.82) is 0 Å². The van der Waals surface area contributed by atoms with Gasteiger partial charge in [0.1, 0.15) is 5.75 Å². The van der Waals surface area contributed by atoms with Crippen LogP contribution in [0.3, 0.4) is 0 Å². The number of amides is 3. The van der Waals surface area contributed by atoms with Crippen LogP contribution in [-0.4, -0.2) is 32.1 Å². The molecule has 0 aliphatic rings. The van der Waals surface area contributed by atoms with E-state index >= 15 is 0 Å². The van der Waals surface area contributed by atoms with Crippen molar-refractivity contribution in [1.82, 2.24) is 10.6 Å². The number of benzene rings is 2. The zero-order chi connectivity index (χ0) is 18.9. The van der Waals surface area contributed by atoms with E-state index in [2.05, 4.69) is 10.6 Å². The van der Waals surface area contributed by atoms with Crippen LogP contribution in [0.15, 0.2) is 54.6 Å². The molecule has 2 N–H and O–H groups in total. The minimum Gasteiger partial charge on any atom is -0.497 e. The van der Waals surface area contributed by atoms with E-state index in [1.807, 2.05) is 0 Å². The van der Waals surface area contributed by atoms with Crippen LogP contribution in [0.2, 0.25) is 0 Å². The molecule has 136 valence electrons. The number of urea groups is 1. The lowest BCUT2D eigenvalue weighted by molar-refractivity contribution is -0.155. The maximum atomic E-state index is 12.3. The summed E-state index contributed by atoms with van der Waals surface area (Å²) in [6.07, 6.45) is -1.26. The van der Waals surface area contributed by atoms with Crippen LogP contribution < -0.4 is 15.4 Å². The van der Waals surface area contributed by atoms with Crippen LogP contribution >= 0.6 is 0 Å². The van der Waals surface area contributed by atoms with E-state index in [0.29, 0.717) is 16.9 Å². The van der Waals surface area contributed by atoms with Crippen molar-refractivity contribution in [2.75, 3.05) is 14.2 Å². The number of carbonyl (C=O) groups is 3. The molecule has 1 atom stereocenters. The molecule has 3 amide bonds. The lowest BCUT2D eigenvalue weighted by atomic mass is 10.1. The highest BCUT2D eigenvalue weighted by atomic mass is 16.5. The van der Waals surface area contributed by atoms with E-state index in [0.717, 1.165) is 0 Å². The number of methoxy groups -OCH3 is 1. The van der Waals surface area contributed by atoms with Gasteiger partial charge in [-0.2, -0.15) is 0 Å². The Morgan fingerprint density at radius 1 is 1.04 bits per heavy atom. The molecule has 0 fully saturated rings. The monoisotopic (exact) mass is 356 g/mol. The average Bonchev–Trinajstić information content (AvgIpc) is 2.66. The molecule has 0 aromatic heterocycles. The van der Waals surface area contributed by atoms with Gasteiger partial charge in [-0.25, -0.2) is 4.79 Å². The Labute approximate surface area is 151 Å². The van der Waals surface area contributed by atoms with E-state index in [1.54, 1.807) is 54.6 Å². The molecule has 7 nitrogen and oxygen atoms in total. The van der Waals surface area contributed by atoms with E-state index in [-0.39, 0.29) is 6.42 Å². The fourth-order valence-corrected chi connectivity index (χ4v) is 2.26. The van der Waals surface area contributed by atoms with Crippen LogP contribution in [0, 0.1) is 0 Å². The lowest BCUT2D eigenvalue weighted by Gasteiger charge is -2.17. The van der Waals surface area contributed by atoms with Crippen molar-refractivity contribution in [3.8, 4) is 5.75 Å². The Bertz CT molecular complexity index is 777. The highest BCUT2D eigenvalue weighted by molar-refractivity contribution is 5.97. The normalized spacial score (nSPS) is 11.2. The molecule has 0 aliphatic carbocycles. The molecule has 0 saturated carbocycles. The second kappa shape index (κ2) is 9.22. The minimum absolute atomic E-state index is 0.0339. The Morgan fingerprint density at radius 3 is 2.42 bits per heavy atom. The van der Waals surface area contributed by atoms with Gasteiger partial charge in [0.25, 0.3) is 5.91 Å². The largest absolute Gasteiger partial charge is 0.497 e. The van der Waals surface area contributed by atoms with Crippen molar-refractivity contribution < 1.29 is 23.9 Å². The number of rotatable bonds is 6. The predicted octanol–water partition coefficient (Wildman–Crippen LogP) is 1.98. The van der Waals surface area contributed by atoms with Gasteiger partial charge in [0, 0.05) is 12.6 Å². The maximum absolute atomic E-state index is 12.3. The molecular weight excluding hydrogens is 336 g/mol. The summed E-state index contributed by atoms with van der Waals surface area (Å²) in [5, 5.41) is 4.41. The summed E-state index contributed by atoms with van der Waals surface area (Å²) in [6, 6.07) is 14.8. The van der Waals surface area contributed by atoms with Gasteiger partial charge in [-0.3, -0.25) is 14.9 Å². The average molecular weight is 356 g/mol. The van der Waals surface area contributed by atoms with E-state index in [1.165, 1.54) is 14.2 Å². The number of hydrogen-bond donors (Lipinski definition) is 2. The Balaban J connectivity index is 2.13. The number of esters is 1. The molecule has 2 rings (SSSR count). The van der Waals surface area contributed by atoms with Gasteiger partial charge in [0.05, 0.1) is 13.5 Å². The van der Waals surface area contributed by atoms with Gasteiger partial charge in [0.15, 0.2) is 0 Å². The zero-order valence-electron chi connectivity index (χ0n) is 14.5. The fraction of sp³-hybridized carbons (Fsp3) is 0.211. The van der Waals surface area contributed by atoms with Crippen LogP contribution in [-0.2, 0) is 20.7 Å². The van der Waals surface area contributed by atoms with Gasteiger partial charge < -0.3 is 14.8 Å². The first kappa shape index (κ1) is 19.0. The SMILES string of the molecule is CNC(=O)NC(=O)[C@H](OC(=O)Cc1cccc(OC)c1)c1ccccc1. The molecule has 0 bridgehead atoms. The third-order valence-electron chi connectivity index (χ3n) is 3.54. The summed E-state index contributed by atoms with van der Waals surface area (Å²) in [5.41, 5.74) is 1.15. The molecular formula is C19H20N2O5. The third-order valence-corrected chi connectivity index (χ3v) is 3.54. The summed E-state index contributed by atoms with van der Waals surface area (Å²) in [6.45, 7) is 0. The zero-order valence-corrected chi connectivity index (χ0v) is 14.5. The van der Waals surface area contributed by atoms with Gasteiger partial charge in [-0.15, -0.1) is 0 Å². The van der Waals surface area contributed by atoms with Crippen molar-refractivity contribution in [2.45, 2.75) is 12.5 Å². The van der Waals surface area contributed by atoms with Crippen molar-refractivity contribution >= 4 is 17.9 Å². The smallest absolute Gasteiger partial charge is 0.321 e. The van der Waals surface area contributed by atoms with E-state index in [9.17, 15) is 14.4 Å². The second-order valence-electron chi connectivity index (χ2n) is 5.38. The van der Waals surface area contributed by atoms with Crippen molar-refractivity contribution in [2.24, 2.45) is 0 Å². The number of hydrogen-bond acceptors (Lipinski definition) is 5. The number of nitrogens with one attached hydrogen (secondary N) is 2. The van der Waals surface area contributed by atoms with E-state index in [4.69, 9.17) is 9.47 Å². The first-order chi connectivity index (χ1) is 12.5. The second-order valence-corrected chi connectivity index (χ2v) is 5.38. The Morgan fingerprint density at radius 2 is 1.77 bits per heavy atom. The maximum Gasteiger partial charge on any atom is 0.321 e. The Hall–Kier alpha value is -3.35. The van der Waals surface area contributed by atoms with Gasteiger partial charge >= 0.3 is 12.0 Å². The first-order valence-corrected chi connectivity index (χ1v) is 7.93. The molecule has 0 aliphatic heterocycles. The standard InChI is InChI=1S/C19H20N2O5/c1-20-19(24)21-18(23)17(14-8-4-3-5-9-14)26-16(22)12-13-7-6-10-15(11-13)25-2/h3-11,17H,12H2,1-2H3,(H2,20,21,23,24)/t17-/m1/s1. The van der Waals surface area contributed by atoms with Crippen LogP contribution in [0.1, 0.15) is 17.2 Å². The molecule has 0 unspecified atom stereocenters. The summed E-state index contributed by atoms with van der Waals surface area (Å²) in [5.74, 6) is -0.707. The molecule has 0 spiro atoms. The van der Waals surface area contributed by atoms with Crippen LogP contribution in [0.4, 0.5) is 4.79 Å². The summed E-state index contributed by atoms with van der Waals surface area (Å²) >= 11 is 0. The van der Waals surface area contributed by atoms with Crippen molar-refractivity contribution in [3.63, 3.8) is 0 Å². The van der Waals surface area contributed by atoms with Gasteiger partial charge in [-0.05, 0) is 17.7 Å². The van der Waals surface area contributed by atoms with Crippen molar-refractivity contribution in [3.05, 3.63) is 65.7 Å². The van der Waals surface area contributed by atoms with Gasteiger partial charge in [0.2, 0.25) is 6.10 Å². The number of imide groups is 1. The molecule has 0 saturated heterocycles. The van der Waals surface area contributed by atoms with Crippen LogP contribution in [0.5, 0.6) is 5.75 Å².